The highest BCUT2D eigenvalue weighted by molar-refractivity contribution is 6.10. The summed E-state index contributed by atoms with van der Waals surface area (Å²) >= 11 is 0. The molecule has 0 radical (unpaired) electrons. The Morgan fingerprint density at radius 2 is 1.96 bits per heavy atom. The summed E-state index contributed by atoms with van der Waals surface area (Å²) in [5.74, 6) is -1.02. The number of ether oxygens (including phenoxy) is 1. The maximum Gasteiger partial charge on any atom is 0.305 e. The Morgan fingerprint density at radius 1 is 1.21 bits per heavy atom. The third-order valence-electron chi connectivity index (χ3n) is 3.57. The monoisotopic (exact) mass is 328 g/mol. The van der Waals surface area contributed by atoms with Gasteiger partial charge in [0.05, 0.1) is 22.6 Å². The van der Waals surface area contributed by atoms with Gasteiger partial charge in [-0.15, -0.1) is 0 Å². The average molecular weight is 328 g/mol. The number of carbonyl (C=O) groups is 2. The molecule has 2 aromatic carbocycles. The van der Waals surface area contributed by atoms with Crippen molar-refractivity contribution in [1.29, 1.82) is 0 Å². The van der Waals surface area contributed by atoms with E-state index >= 15 is 0 Å². The van der Waals surface area contributed by atoms with Crippen LogP contribution in [0.5, 0.6) is 11.5 Å². The van der Waals surface area contributed by atoms with Crippen LogP contribution in [0.1, 0.15) is 16.8 Å². The number of hydrogen-bond acceptors (Lipinski definition) is 5. The summed E-state index contributed by atoms with van der Waals surface area (Å²) in [6.45, 7) is -0.0727. The van der Waals surface area contributed by atoms with Gasteiger partial charge in [-0.05, 0) is 18.2 Å². The highest BCUT2D eigenvalue weighted by Gasteiger charge is 2.29. The lowest BCUT2D eigenvalue weighted by Crippen LogP contribution is -2.32. The lowest BCUT2D eigenvalue weighted by molar-refractivity contribution is -0.384. The molecule has 1 amide bonds. The van der Waals surface area contributed by atoms with E-state index in [4.69, 9.17) is 9.84 Å². The van der Waals surface area contributed by atoms with E-state index in [0.29, 0.717) is 11.4 Å². The first kappa shape index (κ1) is 15.5. The number of fused-ring (bicyclic) bond motifs is 2. The van der Waals surface area contributed by atoms with Crippen LogP contribution in [0.2, 0.25) is 0 Å². The molecule has 0 spiro atoms. The Hall–Kier alpha value is -3.42. The Kier molecular flexibility index (Phi) is 3.87. The quantitative estimate of drug-likeness (QED) is 0.682. The van der Waals surface area contributed by atoms with Gasteiger partial charge in [-0.2, -0.15) is 0 Å². The number of nitro groups is 1. The molecular weight excluding hydrogens is 316 g/mol. The molecule has 1 aliphatic rings. The van der Waals surface area contributed by atoms with Crippen LogP contribution in [-0.4, -0.2) is 28.5 Å². The summed E-state index contributed by atoms with van der Waals surface area (Å²) in [4.78, 5) is 35.3. The second-order valence-electron chi connectivity index (χ2n) is 5.11. The van der Waals surface area contributed by atoms with E-state index in [0.717, 1.165) is 6.07 Å². The van der Waals surface area contributed by atoms with E-state index in [1.165, 1.54) is 17.0 Å². The van der Waals surface area contributed by atoms with Crippen molar-refractivity contribution in [2.75, 3.05) is 11.4 Å². The van der Waals surface area contributed by atoms with Crippen molar-refractivity contribution in [3.8, 4) is 11.5 Å². The van der Waals surface area contributed by atoms with Gasteiger partial charge >= 0.3 is 5.97 Å². The van der Waals surface area contributed by atoms with Gasteiger partial charge in [0.1, 0.15) is 5.75 Å². The van der Waals surface area contributed by atoms with E-state index in [9.17, 15) is 19.7 Å². The van der Waals surface area contributed by atoms with Gasteiger partial charge in [0.25, 0.3) is 11.6 Å². The highest BCUT2D eigenvalue weighted by atomic mass is 16.6. The molecule has 2 aromatic rings. The lowest BCUT2D eigenvalue weighted by Gasteiger charge is -2.21. The zero-order valence-electron chi connectivity index (χ0n) is 12.3. The highest BCUT2D eigenvalue weighted by Crippen LogP contribution is 2.39. The third-order valence-corrected chi connectivity index (χ3v) is 3.57. The minimum Gasteiger partial charge on any atom is -0.481 e. The van der Waals surface area contributed by atoms with Crippen molar-refractivity contribution in [2.45, 2.75) is 6.42 Å². The lowest BCUT2D eigenvalue weighted by atomic mass is 10.1. The first-order valence-corrected chi connectivity index (χ1v) is 7.06. The van der Waals surface area contributed by atoms with Gasteiger partial charge in [-0.3, -0.25) is 19.7 Å². The van der Waals surface area contributed by atoms with E-state index in [-0.39, 0.29) is 30.0 Å². The first-order chi connectivity index (χ1) is 11.5. The maximum absolute atomic E-state index is 12.8. The summed E-state index contributed by atoms with van der Waals surface area (Å²) in [5.41, 5.74) is 0.197. The largest absolute Gasteiger partial charge is 0.481 e. The molecule has 0 saturated carbocycles. The number of aliphatic carboxylic acids is 1. The number of carbonyl (C=O) groups excluding carboxylic acids is 1. The van der Waals surface area contributed by atoms with Crippen molar-refractivity contribution in [2.24, 2.45) is 0 Å². The van der Waals surface area contributed by atoms with Crippen molar-refractivity contribution < 1.29 is 24.4 Å². The van der Waals surface area contributed by atoms with E-state index in [1.54, 1.807) is 24.3 Å². The number of para-hydroxylation sites is 2. The van der Waals surface area contributed by atoms with Crippen LogP contribution in [-0.2, 0) is 4.79 Å². The van der Waals surface area contributed by atoms with Crippen LogP contribution < -0.4 is 9.64 Å². The van der Waals surface area contributed by atoms with Crippen molar-refractivity contribution in [1.82, 2.24) is 0 Å². The Morgan fingerprint density at radius 3 is 2.67 bits per heavy atom. The molecule has 0 aliphatic carbocycles. The van der Waals surface area contributed by atoms with Crippen molar-refractivity contribution >= 4 is 23.3 Å². The number of anilines is 1. The van der Waals surface area contributed by atoms with Crippen LogP contribution in [0.4, 0.5) is 11.4 Å². The number of amides is 1. The van der Waals surface area contributed by atoms with Crippen molar-refractivity contribution in [3.05, 3.63) is 58.1 Å². The van der Waals surface area contributed by atoms with Gasteiger partial charge in [0.15, 0.2) is 5.75 Å². The first-order valence-electron chi connectivity index (χ1n) is 7.06. The SMILES string of the molecule is O=C(O)CCN1C(=O)c2cc([N+](=O)[O-])ccc2Oc2ccccc21. The van der Waals surface area contributed by atoms with Crippen molar-refractivity contribution in [3.63, 3.8) is 0 Å². The number of carboxylic acids is 1. The Labute approximate surface area is 136 Å². The molecule has 0 atom stereocenters. The third kappa shape index (κ3) is 2.76. The zero-order valence-corrected chi connectivity index (χ0v) is 12.3. The van der Waals surface area contributed by atoms with Crippen LogP contribution in [0.15, 0.2) is 42.5 Å². The average Bonchev–Trinajstić information content (AvgIpc) is 2.67. The Bertz CT molecular complexity index is 848. The number of benzene rings is 2. The standard InChI is InChI=1S/C16H12N2O6/c19-15(20)7-8-17-12-3-1-2-4-14(12)24-13-6-5-10(18(22)23)9-11(13)16(17)21/h1-6,9H,7-8H2,(H,19,20). The maximum atomic E-state index is 12.8. The van der Waals surface area contributed by atoms with E-state index in [2.05, 4.69) is 0 Å². The Balaban J connectivity index is 2.12. The summed E-state index contributed by atoms with van der Waals surface area (Å²) in [6, 6.07) is 10.4. The molecule has 0 aromatic heterocycles. The number of non-ortho nitro benzene ring substituents is 1. The zero-order chi connectivity index (χ0) is 17.3. The molecule has 8 heteroatoms. The van der Waals surface area contributed by atoms with E-state index < -0.39 is 16.8 Å². The topological polar surface area (TPSA) is 110 Å². The molecule has 1 N–H and O–H groups in total. The molecule has 0 fully saturated rings. The van der Waals surface area contributed by atoms with Crippen LogP contribution in [0.3, 0.4) is 0 Å². The number of hydrogen-bond donors (Lipinski definition) is 1. The predicted octanol–water partition coefficient (Wildman–Crippen LogP) is 2.82. The summed E-state index contributed by atoms with van der Waals surface area (Å²) in [7, 11) is 0. The number of nitrogens with zero attached hydrogens (tertiary/aromatic N) is 2. The smallest absolute Gasteiger partial charge is 0.305 e. The minimum atomic E-state index is -1.05. The fourth-order valence-corrected chi connectivity index (χ4v) is 2.46. The molecule has 24 heavy (non-hydrogen) atoms. The molecule has 1 aliphatic heterocycles. The van der Waals surface area contributed by atoms with Gasteiger partial charge in [-0.1, -0.05) is 12.1 Å². The molecule has 0 saturated heterocycles. The van der Waals surface area contributed by atoms with Gasteiger partial charge in [0, 0.05) is 18.7 Å². The molecule has 1 heterocycles. The van der Waals surface area contributed by atoms with E-state index in [1.807, 2.05) is 0 Å². The number of carboxylic acid groups (broad SMARTS) is 1. The number of rotatable bonds is 4. The summed E-state index contributed by atoms with van der Waals surface area (Å²) in [6.07, 6.45) is -0.260. The number of nitro benzene ring substituents is 1. The van der Waals surface area contributed by atoms with Gasteiger partial charge in [0.2, 0.25) is 0 Å². The second kappa shape index (κ2) is 5.99. The summed E-state index contributed by atoms with van der Waals surface area (Å²) < 4.78 is 5.71. The van der Waals surface area contributed by atoms with Gasteiger partial charge in [-0.25, -0.2) is 0 Å². The predicted molar refractivity (Wildman–Crippen MR) is 83.5 cm³/mol. The minimum absolute atomic E-state index is 0.0192. The van der Waals surface area contributed by atoms with Crippen LogP contribution in [0, 0.1) is 10.1 Å². The van der Waals surface area contributed by atoms with Crippen LogP contribution in [0.25, 0.3) is 0 Å². The molecule has 122 valence electrons. The molecular formula is C16H12N2O6. The molecule has 0 unspecified atom stereocenters. The molecule has 3 rings (SSSR count). The van der Waals surface area contributed by atoms with Gasteiger partial charge < -0.3 is 14.7 Å². The normalized spacial score (nSPS) is 12.7. The summed E-state index contributed by atoms with van der Waals surface area (Å²) in [5, 5.41) is 19.9. The fourth-order valence-electron chi connectivity index (χ4n) is 2.46. The second-order valence-corrected chi connectivity index (χ2v) is 5.11. The molecule has 8 nitrogen and oxygen atoms in total. The molecule has 0 bridgehead atoms. The van der Waals surface area contributed by atoms with Crippen LogP contribution >= 0.6 is 0 Å². The fraction of sp³-hybridized carbons (Fsp3) is 0.125.